The number of nitrogens with one attached hydrogen (secondary N) is 2. The number of para-hydroxylation sites is 1. The SMILES string of the molecule is CCNC(=NCCOc1ccccc1)NC1CCN(Cc2ccccc2)CC1. The van der Waals surface area contributed by atoms with Crippen molar-refractivity contribution in [3.8, 4) is 5.75 Å². The van der Waals surface area contributed by atoms with Gasteiger partial charge >= 0.3 is 0 Å². The van der Waals surface area contributed by atoms with Crippen molar-refractivity contribution in [2.24, 2.45) is 4.99 Å². The van der Waals surface area contributed by atoms with Gasteiger partial charge in [-0.05, 0) is 37.5 Å². The summed E-state index contributed by atoms with van der Waals surface area (Å²) in [6.45, 7) is 7.44. The minimum Gasteiger partial charge on any atom is -0.492 e. The van der Waals surface area contributed by atoms with E-state index in [9.17, 15) is 0 Å². The molecule has 0 radical (unpaired) electrons. The van der Waals surface area contributed by atoms with E-state index in [0.29, 0.717) is 19.2 Å². The molecule has 5 heteroatoms. The number of piperidine rings is 1. The first-order valence-corrected chi connectivity index (χ1v) is 10.3. The Labute approximate surface area is 168 Å². The largest absolute Gasteiger partial charge is 0.492 e. The van der Waals surface area contributed by atoms with Crippen LogP contribution in [0.25, 0.3) is 0 Å². The molecule has 0 unspecified atom stereocenters. The fraction of sp³-hybridized carbons (Fsp3) is 0.435. The van der Waals surface area contributed by atoms with E-state index in [0.717, 1.165) is 50.7 Å². The molecular weight excluding hydrogens is 348 g/mol. The molecule has 1 aliphatic rings. The molecule has 1 fully saturated rings. The zero-order chi connectivity index (χ0) is 19.4. The van der Waals surface area contributed by atoms with Gasteiger partial charge in [-0.25, -0.2) is 4.99 Å². The lowest BCUT2D eigenvalue weighted by Crippen LogP contribution is -2.48. The van der Waals surface area contributed by atoms with Crippen molar-refractivity contribution in [1.82, 2.24) is 15.5 Å². The summed E-state index contributed by atoms with van der Waals surface area (Å²) in [6.07, 6.45) is 2.27. The smallest absolute Gasteiger partial charge is 0.191 e. The number of rotatable bonds is 8. The van der Waals surface area contributed by atoms with Gasteiger partial charge < -0.3 is 15.4 Å². The molecule has 0 aromatic heterocycles. The number of hydrogen-bond acceptors (Lipinski definition) is 3. The highest BCUT2D eigenvalue weighted by Gasteiger charge is 2.19. The van der Waals surface area contributed by atoms with Crippen LogP contribution in [-0.4, -0.2) is 49.7 Å². The Bertz CT molecular complexity index is 697. The van der Waals surface area contributed by atoms with Gasteiger partial charge in [0.05, 0.1) is 6.54 Å². The zero-order valence-electron chi connectivity index (χ0n) is 16.8. The monoisotopic (exact) mass is 380 g/mol. The van der Waals surface area contributed by atoms with Crippen LogP contribution in [0.3, 0.4) is 0 Å². The Morgan fingerprint density at radius 2 is 1.71 bits per heavy atom. The second-order valence-corrected chi connectivity index (χ2v) is 7.10. The summed E-state index contributed by atoms with van der Waals surface area (Å²) in [4.78, 5) is 7.20. The van der Waals surface area contributed by atoms with Gasteiger partial charge in [0.25, 0.3) is 0 Å². The van der Waals surface area contributed by atoms with Crippen molar-refractivity contribution in [3.05, 3.63) is 66.2 Å². The lowest BCUT2D eigenvalue weighted by molar-refractivity contribution is 0.198. The third kappa shape index (κ3) is 6.89. The van der Waals surface area contributed by atoms with Gasteiger partial charge in [0, 0.05) is 32.2 Å². The van der Waals surface area contributed by atoms with E-state index in [1.165, 1.54) is 5.56 Å². The topological polar surface area (TPSA) is 48.9 Å². The predicted molar refractivity (Wildman–Crippen MR) is 116 cm³/mol. The summed E-state index contributed by atoms with van der Waals surface area (Å²) in [5, 5.41) is 6.95. The van der Waals surface area contributed by atoms with E-state index in [4.69, 9.17) is 4.74 Å². The van der Waals surface area contributed by atoms with E-state index < -0.39 is 0 Å². The number of likely N-dealkylation sites (tertiary alicyclic amines) is 1. The minimum absolute atomic E-state index is 0.472. The van der Waals surface area contributed by atoms with Gasteiger partial charge in [-0.1, -0.05) is 48.5 Å². The third-order valence-corrected chi connectivity index (χ3v) is 4.89. The molecular formula is C23H32N4O. The molecule has 0 bridgehead atoms. The molecule has 1 aliphatic heterocycles. The maximum absolute atomic E-state index is 5.73. The molecule has 1 saturated heterocycles. The van der Waals surface area contributed by atoms with Crippen molar-refractivity contribution >= 4 is 5.96 Å². The van der Waals surface area contributed by atoms with Gasteiger partial charge in [-0.2, -0.15) is 0 Å². The van der Waals surface area contributed by atoms with Crippen LogP contribution in [0.1, 0.15) is 25.3 Å². The van der Waals surface area contributed by atoms with Crippen LogP contribution >= 0.6 is 0 Å². The number of aliphatic imine (C=N–C) groups is 1. The maximum atomic E-state index is 5.73. The average Bonchev–Trinajstić information content (AvgIpc) is 2.74. The fourth-order valence-electron chi connectivity index (χ4n) is 3.43. The molecule has 0 atom stereocenters. The van der Waals surface area contributed by atoms with Crippen LogP contribution < -0.4 is 15.4 Å². The predicted octanol–water partition coefficient (Wildman–Crippen LogP) is 3.29. The van der Waals surface area contributed by atoms with Gasteiger partial charge in [-0.3, -0.25) is 4.90 Å². The molecule has 2 aromatic rings. The number of benzene rings is 2. The molecule has 5 nitrogen and oxygen atoms in total. The summed E-state index contributed by atoms with van der Waals surface area (Å²) in [7, 11) is 0. The van der Waals surface area contributed by atoms with Crippen LogP contribution in [0.5, 0.6) is 5.75 Å². The van der Waals surface area contributed by atoms with Crippen LogP contribution in [0, 0.1) is 0 Å². The second kappa shape index (κ2) is 11.3. The van der Waals surface area contributed by atoms with Crippen LogP contribution in [0.15, 0.2) is 65.7 Å². The van der Waals surface area contributed by atoms with Crippen molar-refractivity contribution < 1.29 is 4.74 Å². The van der Waals surface area contributed by atoms with E-state index in [2.05, 4.69) is 57.8 Å². The van der Waals surface area contributed by atoms with Crippen LogP contribution in [0.2, 0.25) is 0 Å². The summed E-state index contributed by atoms with van der Waals surface area (Å²) in [5.41, 5.74) is 1.39. The first-order chi connectivity index (χ1) is 13.8. The number of nitrogens with zero attached hydrogens (tertiary/aromatic N) is 2. The lowest BCUT2D eigenvalue weighted by Gasteiger charge is -2.33. The van der Waals surface area contributed by atoms with Crippen molar-refractivity contribution in [2.45, 2.75) is 32.4 Å². The lowest BCUT2D eigenvalue weighted by atomic mass is 10.0. The van der Waals surface area contributed by atoms with Gasteiger partial charge in [0.2, 0.25) is 0 Å². The van der Waals surface area contributed by atoms with Gasteiger partial charge in [0.15, 0.2) is 5.96 Å². The Morgan fingerprint density at radius 3 is 2.39 bits per heavy atom. The molecule has 1 heterocycles. The van der Waals surface area contributed by atoms with E-state index in [1.807, 2.05) is 30.3 Å². The second-order valence-electron chi connectivity index (χ2n) is 7.10. The number of guanidine groups is 1. The van der Waals surface area contributed by atoms with Crippen LogP contribution in [0.4, 0.5) is 0 Å². The third-order valence-electron chi connectivity index (χ3n) is 4.89. The highest BCUT2D eigenvalue weighted by atomic mass is 16.5. The normalized spacial score (nSPS) is 16.0. The van der Waals surface area contributed by atoms with Crippen molar-refractivity contribution in [1.29, 1.82) is 0 Å². The Kier molecular flexibility index (Phi) is 8.19. The summed E-state index contributed by atoms with van der Waals surface area (Å²) in [5.74, 6) is 1.78. The van der Waals surface area contributed by atoms with E-state index >= 15 is 0 Å². The summed E-state index contributed by atoms with van der Waals surface area (Å²) < 4.78 is 5.73. The molecule has 0 spiro atoms. The Morgan fingerprint density at radius 1 is 1.04 bits per heavy atom. The van der Waals surface area contributed by atoms with Gasteiger partial charge in [0.1, 0.15) is 12.4 Å². The molecule has 2 N–H and O–H groups in total. The maximum Gasteiger partial charge on any atom is 0.191 e. The standard InChI is InChI=1S/C23H32N4O/c1-2-24-23(25-15-18-28-22-11-7-4-8-12-22)26-21-13-16-27(17-14-21)19-20-9-5-3-6-10-20/h3-12,21H,2,13-19H2,1H3,(H2,24,25,26). The Balaban J connectivity index is 1.40. The van der Waals surface area contributed by atoms with E-state index in [-0.39, 0.29) is 0 Å². The minimum atomic E-state index is 0.472. The molecule has 3 rings (SSSR count). The first kappa shape index (κ1) is 20.2. The summed E-state index contributed by atoms with van der Waals surface area (Å²) >= 11 is 0. The first-order valence-electron chi connectivity index (χ1n) is 10.3. The zero-order valence-corrected chi connectivity index (χ0v) is 16.8. The highest BCUT2D eigenvalue weighted by Crippen LogP contribution is 2.14. The average molecular weight is 381 g/mol. The van der Waals surface area contributed by atoms with Crippen molar-refractivity contribution in [2.75, 3.05) is 32.8 Å². The van der Waals surface area contributed by atoms with Crippen molar-refractivity contribution in [3.63, 3.8) is 0 Å². The Hall–Kier alpha value is -2.53. The van der Waals surface area contributed by atoms with Crippen LogP contribution in [-0.2, 0) is 6.54 Å². The fourth-order valence-corrected chi connectivity index (χ4v) is 3.43. The molecule has 0 aliphatic carbocycles. The number of ether oxygens (including phenoxy) is 1. The number of hydrogen-bond donors (Lipinski definition) is 2. The molecule has 0 saturated carbocycles. The quantitative estimate of drug-likeness (QED) is 0.419. The van der Waals surface area contributed by atoms with Gasteiger partial charge in [-0.15, -0.1) is 0 Å². The molecule has 2 aromatic carbocycles. The molecule has 0 amide bonds. The highest BCUT2D eigenvalue weighted by molar-refractivity contribution is 5.80. The summed E-state index contributed by atoms with van der Waals surface area (Å²) in [6, 6.07) is 21.1. The van der Waals surface area contributed by atoms with E-state index in [1.54, 1.807) is 0 Å². The molecule has 150 valence electrons. The molecule has 28 heavy (non-hydrogen) atoms.